The van der Waals surface area contributed by atoms with Gasteiger partial charge >= 0.3 is 5.97 Å². The number of benzene rings is 1. The van der Waals surface area contributed by atoms with E-state index in [1.54, 1.807) is 0 Å². The molecule has 0 aromatic heterocycles. The van der Waals surface area contributed by atoms with Crippen molar-refractivity contribution in [2.45, 2.75) is 77.4 Å². The molecule has 10 nitrogen and oxygen atoms in total. The second-order valence-electron chi connectivity index (χ2n) is 11.6. The van der Waals surface area contributed by atoms with Gasteiger partial charge in [0.05, 0.1) is 12.1 Å². The van der Waals surface area contributed by atoms with Crippen LogP contribution >= 0.6 is 0 Å². The highest BCUT2D eigenvalue weighted by Gasteiger charge is 2.45. The van der Waals surface area contributed by atoms with Crippen molar-refractivity contribution in [1.29, 1.82) is 0 Å². The van der Waals surface area contributed by atoms with Gasteiger partial charge in [0.25, 0.3) is 0 Å². The number of carboxylic acid groups (broad SMARTS) is 1. The highest BCUT2D eigenvalue weighted by atomic mass is 16.4. The molecule has 2 fully saturated rings. The zero-order valence-corrected chi connectivity index (χ0v) is 23.4. The van der Waals surface area contributed by atoms with Gasteiger partial charge in [-0.05, 0) is 36.1 Å². The van der Waals surface area contributed by atoms with Gasteiger partial charge in [-0.25, -0.2) is 0 Å². The molecule has 2 saturated heterocycles. The molecule has 1 aromatic rings. The van der Waals surface area contributed by atoms with E-state index in [2.05, 4.69) is 26.8 Å². The number of hydrogen-bond acceptors (Lipinski definition) is 7. The lowest BCUT2D eigenvalue weighted by atomic mass is 9.79. The number of terminal acetylenes is 1. The van der Waals surface area contributed by atoms with Crippen molar-refractivity contribution in [3.05, 3.63) is 35.4 Å². The Morgan fingerprint density at radius 3 is 2.51 bits per heavy atom. The molecular weight excluding hydrogens is 498 g/mol. The van der Waals surface area contributed by atoms with Gasteiger partial charge in [-0.15, -0.1) is 6.42 Å². The minimum Gasteiger partial charge on any atom is -0.480 e. The summed E-state index contributed by atoms with van der Waals surface area (Å²) in [5.74, 6) is 1.18. The smallest absolute Gasteiger partial charge is 0.322 e. The van der Waals surface area contributed by atoms with Crippen LogP contribution in [0.1, 0.15) is 51.7 Å². The fraction of sp³-hybridized carbons (Fsp3) is 0.621. The second kappa shape index (κ2) is 13.4. The summed E-state index contributed by atoms with van der Waals surface area (Å²) in [5, 5.41) is 29.1. The number of aliphatic hydroxyl groups is 1. The maximum atomic E-state index is 14.0. The van der Waals surface area contributed by atoms with Gasteiger partial charge in [-0.2, -0.15) is 0 Å². The molecule has 4 atom stereocenters. The predicted molar refractivity (Wildman–Crippen MR) is 149 cm³/mol. The second-order valence-corrected chi connectivity index (χ2v) is 11.6. The highest BCUT2D eigenvalue weighted by molar-refractivity contribution is 5.91. The minimum atomic E-state index is -0.866. The molecule has 5 N–H and O–H groups in total. The van der Waals surface area contributed by atoms with E-state index in [9.17, 15) is 24.6 Å². The molecule has 2 amide bonds. The lowest BCUT2D eigenvalue weighted by Gasteiger charge is -2.40. The van der Waals surface area contributed by atoms with Crippen LogP contribution in [0.5, 0.6) is 0 Å². The summed E-state index contributed by atoms with van der Waals surface area (Å²) < 4.78 is 0. The summed E-state index contributed by atoms with van der Waals surface area (Å²) in [5.41, 5.74) is 1.14. The van der Waals surface area contributed by atoms with Gasteiger partial charge in [-0.3, -0.25) is 19.3 Å². The number of piperazine rings is 1. The first kappa shape index (κ1) is 30.6. The van der Waals surface area contributed by atoms with E-state index in [0.717, 1.165) is 17.7 Å². The predicted octanol–water partition coefficient (Wildman–Crippen LogP) is 0.387. The number of aliphatic hydroxyl groups excluding tert-OH is 1. The number of amides is 2. The SMILES string of the molecule is C#Cc1ccc(CNC(=O)[C@@H]2C[C@@H](O)CN2C(=O)[C@H](NC(C)C)C(C)(C)CCN2CCN[C@@H](C(=O)O)C2)cc1. The highest BCUT2D eigenvalue weighted by Crippen LogP contribution is 2.30. The van der Waals surface area contributed by atoms with Crippen molar-refractivity contribution in [1.82, 2.24) is 25.8 Å². The van der Waals surface area contributed by atoms with Crippen molar-refractivity contribution in [2.24, 2.45) is 5.41 Å². The van der Waals surface area contributed by atoms with Gasteiger partial charge in [0, 0.05) is 50.7 Å². The normalized spacial score (nSPS) is 22.9. The number of hydrogen-bond donors (Lipinski definition) is 5. The third-order valence-corrected chi connectivity index (χ3v) is 7.61. The first-order valence-corrected chi connectivity index (χ1v) is 13.7. The Kier molecular flexibility index (Phi) is 10.5. The number of likely N-dealkylation sites (tertiary alicyclic amines) is 1. The van der Waals surface area contributed by atoms with Gasteiger partial charge in [0.15, 0.2) is 0 Å². The molecule has 2 aliphatic heterocycles. The zero-order chi connectivity index (χ0) is 28.7. The standard InChI is InChI=1S/C29H43N5O5/c1-6-20-7-9-21(10-8-20)16-31-26(36)24-15-22(35)17-34(24)27(37)25(32-19(2)3)29(4,5)11-13-33-14-12-30-23(18-33)28(38)39/h1,7-10,19,22-25,30,32,35H,11-18H2,2-5H3,(H,31,36)(H,38,39)/t22-,23-,24+,25+/m1/s1. The lowest BCUT2D eigenvalue weighted by molar-refractivity contribution is -0.143. The fourth-order valence-corrected chi connectivity index (χ4v) is 5.23. The van der Waals surface area contributed by atoms with Crippen molar-refractivity contribution in [3.63, 3.8) is 0 Å². The molecule has 3 rings (SSSR count). The summed E-state index contributed by atoms with van der Waals surface area (Å²) in [7, 11) is 0. The molecule has 0 aliphatic carbocycles. The van der Waals surface area contributed by atoms with Gasteiger partial charge in [0.1, 0.15) is 12.1 Å². The fourth-order valence-electron chi connectivity index (χ4n) is 5.23. The average molecular weight is 542 g/mol. The molecule has 2 heterocycles. The van der Waals surface area contributed by atoms with E-state index in [1.807, 2.05) is 52.0 Å². The molecule has 0 radical (unpaired) electrons. The molecule has 2 aliphatic rings. The van der Waals surface area contributed by atoms with Crippen LogP contribution in [0.25, 0.3) is 0 Å². The van der Waals surface area contributed by atoms with Crippen LogP contribution in [0.3, 0.4) is 0 Å². The van der Waals surface area contributed by atoms with Crippen LogP contribution in [0.2, 0.25) is 0 Å². The van der Waals surface area contributed by atoms with E-state index in [1.165, 1.54) is 4.90 Å². The Labute approximate surface area is 231 Å². The number of rotatable bonds is 11. The third-order valence-electron chi connectivity index (χ3n) is 7.61. The Balaban J connectivity index is 1.68. The number of nitrogens with one attached hydrogen (secondary N) is 3. The first-order valence-electron chi connectivity index (χ1n) is 13.7. The maximum Gasteiger partial charge on any atom is 0.322 e. The van der Waals surface area contributed by atoms with E-state index in [-0.39, 0.29) is 30.8 Å². The lowest BCUT2D eigenvalue weighted by Crippen LogP contribution is -2.59. The number of carbonyl (C=O) groups is 3. The molecule has 0 saturated carbocycles. The zero-order valence-electron chi connectivity index (χ0n) is 23.4. The number of carbonyl (C=O) groups excluding carboxylic acids is 2. The van der Waals surface area contributed by atoms with E-state index in [4.69, 9.17) is 6.42 Å². The molecule has 0 bridgehead atoms. The van der Waals surface area contributed by atoms with Crippen LogP contribution in [-0.4, -0.2) is 101 Å². The Morgan fingerprint density at radius 1 is 1.21 bits per heavy atom. The number of carboxylic acids is 1. The third kappa shape index (κ3) is 8.26. The van der Waals surface area contributed by atoms with Crippen LogP contribution in [-0.2, 0) is 20.9 Å². The van der Waals surface area contributed by atoms with E-state index >= 15 is 0 Å². The maximum absolute atomic E-state index is 14.0. The van der Waals surface area contributed by atoms with Crippen LogP contribution < -0.4 is 16.0 Å². The monoisotopic (exact) mass is 541 g/mol. The molecular formula is C29H43N5O5. The summed E-state index contributed by atoms with van der Waals surface area (Å²) in [6.45, 7) is 10.8. The van der Waals surface area contributed by atoms with Gasteiger partial charge < -0.3 is 31.1 Å². The number of aliphatic carboxylic acids is 1. The van der Waals surface area contributed by atoms with Crippen molar-refractivity contribution < 1.29 is 24.6 Å². The summed E-state index contributed by atoms with van der Waals surface area (Å²) in [4.78, 5) is 42.2. The summed E-state index contributed by atoms with van der Waals surface area (Å²) in [6.07, 6.45) is 5.46. The Morgan fingerprint density at radius 2 is 1.90 bits per heavy atom. The van der Waals surface area contributed by atoms with Gasteiger partial charge in [0.2, 0.25) is 11.8 Å². The summed E-state index contributed by atoms with van der Waals surface area (Å²) >= 11 is 0. The molecule has 1 aromatic carbocycles. The summed E-state index contributed by atoms with van der Waals surface area (Å²) in [6, 6.07) is 5.37. The Hall–Kier alpha value is -2.97. The molecule has 0 spiro atoms. The molecule has 39 heavy (non-hydrogen) atoms. The molecule has 0 unspecified atom stereocenters. The molecule has 10 heteroatoms. The van der Waals surface area contributed by atoms with E-state index < -0.39 is 35.6 Å². The Bertz CT molecular complexity index is 1050. The number of β-amino-alcohol motifs (C(OH)–C–C–N with tert-alkyl or cyclic N) is 1. The van der Waals surface area contributed by atoms with Crippen LogP contribution in [0, 0.1) is 17.8 Å². The number of nitrogens with zero attached hydrogens (tertiary/aromatic N) is 2. The van der Waals surface area contributed by atoms with Crippen molar-refractivity contribution in [2.75, 3.05) is 32.7 Å². The molecule has 214 valence electrons. The van der Waals surface area contributed by atoms with Crippen LogP contribution in [0.15, 0.2) is 24.3 Å². The average Bonchev–Trinajstić information content (AvgIpc) is 3.31. The minimum absolute atomic E-state index is 0.0135. The largest absolute Gasteiger partial charge is 0.480 e. The first-order chi connectivity index (χ1) is 18.4. The topological polar surface area (TPSA) is 134 Å². The van der Waals surface area contributed by atoms with Crippen LogP contribution in [0.4, 0.5) is 0 Å². The quantitative estimate of drug-likeness (QED) is 0.254. The van der Waals surface area contributed by atoms with Crippen molar-refractivity contribution >= 4 is 17.8 Å². The van der Waals surface area contributed by atoms with E-state index in [0.29, 0.717) is 32.6 Å². The van der Waals surface area contributed by atoms with Crippen molar-refractivity contribution in [3.8, 4) is 12.3 Å². The van der Waals surface area contributed by atoms with Gasteiger partial charge in [-0.1, -0.05) is 45.7 Å².